The Morgan fingerprint density at radius 2 is 1.96 bits per heavy atom. The third-order valence-electron chi connectivity index (χ3n) is 3.64. The number of phenols is 1. The minimum absolute atomic E-state index is 0.0521. The number of nitrogens with one attached hydrogen (secondary N) is 2. The van der Waals surface area contributed by atoms with Gasteiger partial charge in [-0.05, 0) is 31.1 Å². The molecule has 2 rings (SSSR count). The zero-order valence-corrected chi connectivity index (χ0v) is 13.7. The van der Waals surface area contributed by atoms with Crippen molar-refractivity contribution in [1.29, 1.82) is 0 Å². The van der Waals surface area contributed by atoms with Gasteiger partial charge in [-0.3, -0.25) is 9.59 Å². The number of hydrogen-bond acceptors (Lipinski definition) is 5. The Balaban J connectivity index is 2.21. The Morgan fingerprint density at radius 3 is 2.62 bits per heavy atom. The molecular formula is C19H20N2O3. The van der Waals surface area contributed by atoms with Crippen LogP contribution in [0.15, 0.2) is 64.2 Å². The molecule has 0 bridgehead atoms. The van der Waals surface area contributed by atoms with E-state index in [2.05, 4.69) is 17.2 Å². The van der Waals surface area contributed by atoms with E-state index in [0.29, 0.717) is 17.8 Å². The van der Waals surface area contributed by atoms with Crippen molar-refractivity contribution in [1.82, 2.24) is 0 Å². The average molecular weight is 324 g/mol. The van der Waals surface area contributed by atoms with Crippen LogP contribution in [0.1, 0.15) is 12.5 Å². The summed E-state index contributed by atoms with van der Waals surface area (Å²) in [5, 5.41) is 15.8. The maximum absolute atomic E-state index is 11.8. The van der Waals surface area contributed by atoms with Crippen molar-refractivity contribution in [2.24, 2.45) is 0 Å². The number of aromatic hydroxyl groups is 1. The van der Waals surface area contributed by atoms with Gasteiger partial charge in [0.25, 0.3) is 10.9 Å². The van der Waals surface area contributed by atoms with Crippen molar-refractivity contribution in [3.63, 3.8) is 0 Å². The summed E-state index contributed by atoms with van der Waals surface area (Å²) in [7, 11) is 0. The van der Waals surface area contributed by atoms with Crippen LogP contribution in [0.3, 0.4) is 0 Å². The lowest BCUT2D eigenvalue weighted by atomic mass is 10.1. The summed E-state index contributed by atoms with van der Waals surface area (Å²) in [6.07, 6.45) is 7.29. The fourth-order valence-electron chi connectivity index (χ4n) is 2.18. The van der Waals surface area contributed by atoms with E-state index in [1.54, 1.807) is 31.2 Å². The van der Waals surface area contributed by atoms with Crippen LogP contribution in [0.2, 0.25) is 0 Å². The molecule has 0 fully saturated rings. The Morgan fingerprint density at radius 1 is 1.25 bits per heavy atom. The minimum atomic E-state index is -0.601. The average Bonchev–Trinajstić information content (AvgIpc) is 2.59. The molecule has 0 radical (unpaired) electrons. The molecule has 0 saturated heterocycles. The Kier molecular flexibility index (Phi) is 5.37. The van der Waals surface area contributed by atoms with E-state index in [9.17, 15) is 14.7 Å². The van der Waals surface area contributed by atoms with Gasteiger partial charge in [0.05, 0.1) is 5.69 Å². The van der Waals surface area contributed by atoms with E-state index in [1.807, 2.05) is 25.2 Å². The molecule has 0 amide bonds. The number of phenolic OH excluding ortho intramolecular Hbond substituents is 1. The van der Waals surface area contributed by atoms with Crippen LogP contribution < -0.4 is 21.5 Å². The summed E-state index contributed by atoms with van der Waals surface area (Å²) < 4.78 is 0. The summed E-state index contributed by atoms with van der Waals surface area (Å²) in [6, 6.07) is 5.15. The van der Waals surface area contributed by atoms with Gasteiger partial charge in [-0.2, -0.15) is 0 Å². The number of anilines is 3. The Hall–Kier alpha value is -3.08. The lowest BCUT2D eigenvalue weighted by molar-refractivity contribution is 0.473. The quantitative estimate of drug-likeness (QED) is 0.414. The molecule has 24 heavy (non-hydrogen) atoms. The summed E-state index contributed by atoms with van der Waals surface area (Å²) in [6.45, 7) is 7.74. The molecule has 2 aromatic rings. The predicted molar refractivity (Wildman–Crippen MR) is 99.1 cm³/mol. The zero-order chi connectivity index (χ0) is 17.7. The highest BCUT2D eigenvalue weighted by Crippen LogP contribution is 2.30. The van der Waals surface area contributed by atoms with Crippen LogP contribution >= 0.6 is 0 Å². The van der Waals surface area contributed by atoms with Gasteiger partial charge in [0.15, 0.2) is 0 Å². The normalized spacial score (nSPS) is 11.8. The summed E-state index contributed by atoms with van der Waals surface area (Å²) in [4.78, 5) is 23.6. The fraction of sp³-hybridized carbons (Fsp3) is 0.158. The maximum atomic E-state index is 11.8. The largest absolute Gasteiger partial charge is 0.505 e. The first-order chi connectivity index (χ1) is 11.5. The SMILES string of the molecule is C=C/C(=C\C=C/C)CNc1c(Nc2cccc(C)c2O)c(=O)c1=O. The zero-order valence-electron chi connectivity index (χ0n) is 13.7. The smallest absolute Gasteiger partial charge is 0.253 e. The third kappa shape index (κ3) is 3.46. The molecule has 0 aromatic heterocycles. The molecule has 0 aliphatic heterocycles. The second-order valence-corrected chi connectivity index (χ2v) is 5.33. The second kappa shape index (κ2) is 7.46. The van der Waals surface area contributed by atoms with Crippen LogP contribution in [0, 0.1) is 6.92 Å². The summed E-state index contributed by atoms with van der Waals surface area (Å²) in [5.41, 5.74) is 1.15. The first-order valence-corrected chi connectivity index (χ1v) is 7.56. The van der Waals surface area contributed by atoms with E-state index >= 15 is 0 Å². The van der Waals surface area contributed by atoms with Crippen LogP contribution in [0.25, 0.3) is 0 Å². The first-order valence-electron chi connectivity index (χ1n) is 7.56. The first kappa shape index (κ1) is 17.3. The maximum Gasteiger partial charge on any atom is 0.253 e. The Labute approximate surface area is 140 Å². The highest BCUT2D eigenvalue weighted by Gasteiger charge is 2.21. The molecule has 124 valence electrons. The molecular weight excluding hydrogens is 304 g/mol. The number of para-hydroxylation sites is 1. The number of aryl methyl sites for hydroxylation is 1. The molecule has 2 aromatic carbocycles. The van der Waals surface area contributed by atoms with Crippen LogP contribution in [-0.4, -0.2) is 11.7 Å². The molecule has 5 nitrogen and oxygen atoms in total. The van der Waals surface area contributed by atoms with Gasteiger partial charge in [0.2, 0.25) is 0 Å². The molecule has 0 unspecified atom stereocenters. The second-order valence-electron chi connectivity index (χ2n) is 5.33. The van der Waals surface area contributed by atoms with E-state index in [4.69, 9.17) is 0 Å². The predicted octanol–water partition coefficient (Wildman–Crippen LogP) is 3.14. The van der Waals surface area contributed by atoms with Gasteiger partial charge in [0, 0.05) is 6.54 Å². The van der Waals surface area contributed by atoms with Gasteiger partial charge >= 0.3 is 0 Å². The topological polar surface area (TPSA) is 78.4 Å². The number of hydrogen-bond donors (Lipinski definition) is 3. The molecule has 5 heteroatoms. The molecule has 0 aliphatic carbocycles. The van der Waals surface area contributed by atoms with Crippen molar-refractivity contribution in [2.45, 2.75) is 13.8 Å². The lowest BCUT2D eigenvalue weighted by Crippen LogP contribution is -2.37. The highest BCUT2D eigenvalue weighted by molar-refractivity contribution is 5.81. The number of allylic oxidation sites excluding steroid dienone is 3. The number of rotatable bonds is 7. The van der Waals surface area contributed by atoms with Gasteiger partial charge in [-0.1, -0.05) is 43.0 Å². The van der Waals surface area contributed by atoms with Gasteiger partial charge in [-0.25, -0.2) is 0 Å². The highest BCUT2D eigenvalue weighted by atomic mass is 16.3. The van der Waals surface area contributed by atoms with Crippen molar-refractivity contribution in [3.8, 4) is 5.75 Å². The standard InChI is InChI=1S/C19H20N2O3/c1-4-6-9-13(5-2)11-20-15-16(19(24)18(15)23)21-14-10-7-8-12(3)17(14)22/h4-10,20-22H,2,11H2,1,3H3/b6-4-,13-9+. The van der Waals surface area contributed by atoms with Crippen LogP contribution in [-0.2, 0) is 0 Å². The lowest BCUT2D eigenvalue weighted by Gasteiger charge is -2.16. The van der Waals surface area contributed by atoms with E-state index in [-0.39, 0.29) is 17.1 Å². The van der Waals surface area contributed by atoms with Gasteiger partial charge in [0.1, 0.15) is 17.1 Å². The van der Waals surface area contributed by atoms with E-state index in [0.717, 1.165) is 5.57 Å². The summed E-state index contributed by atoms with van der Waals surface area (Å²) in [5.74, 6) is 0.0521. The fourth-order valence-corrected chi connectivity index (χ4v) is 2.18. The Bertz CT molecular complexity index is 885. The molecule has 0 aliphatic rings. The van der Waals surface area contributed by atoms with Gasteiger partial charge < -0.3 is 15.7 Å². The minimum Gasteiger partial charge on any atom is -0.505 e. The molecule has 0 saturated carbocycles. The van der Waals surface area contributed by atoms with E-state index in [1.165, 1.54) is 0 Å². The monoisotopic (exact) mass is 324 g/mol. The number of benzene rings is 1. The summed E-state index contributed by atoms with van der Waals surface area (Å²) >= 11 is 0. The van der Waals surface area contributed by atoms with Crippen molar-refractivity contribution in [3.05, 3.63) is 80.7 Å². The molecule has 0 atom stereocenters. The van der Waals surface area contributed by atoms with Crippen molar-refractivity contribution < 1.29 is 5.11 Å². The van der Waals surface area contributed by atoms with Crippen molar-refractivity contribution in [2.75, 3.05) is 17.2 Å². The molecule has 3 N–H and O–H groups in total. The van der Waals surface area contributed by atoms with Crippen molar-refractivity contribution >= 4 is 17.1 Å². The van der Waals surface area contributed by atoms with Crippen LogP contribution in [0.4, 0.5) is 17.1 Å². The van der Waals surface area contributed by atoms with E-state index < -0.39 is 10.9 Å². The molecule has 0 heterocycles. The van der Waals surface area contributed by atoms with Gasteiger partial charge in [-0.15, -0.1) is 0 Å². The molecule has 0 spiro atoms. The van der Waals surface area contributed by atoms with Crippen LogP contribution in [0.5, 0.6) is 5.75 Å². The third-order valence-corrected chi connectivity index (χ3v) is 3.64.